The second-order valence-electron chi connectivity index (χ2n) is 5.14. The summed E-state index contributed by atoms with van der Waals surface area (Å²) in [5.74, 6) is 0.270. The Morgan fingerprint density at radius 1 is 1.22 bits per heavy atom. The van der Waals surface area contributed by atoms with Gasteiger partial charge in [0.05, 0.1) is 0 Å². The standard InChI is InChI=1S/C14H15NO3/c1-14(2,3)11-8-7-9-5-4-6-10(12(9)15-11)18-13(16)17/h4-8H,1-3H3,(H,16,17). The Morgan fingerprint density at radius 2 is 1.94 bits per heavy atom. The van der Waals surface area contributed by atoms with Crippen LogP contribution in [0.3, 0.4) is 0 Å². The highest BCUT2D eigenvalue weighted by Crippen LogP contribution is 2.28. The highest BCUT2D eigenvalue weighted by atomic mass is 16.7. The number of rotatable bonds is 1. The van der Waals surface area contributed by atoms with Gasteiger partial charge in [-0.05, 0) is 12.1 Å². The highest BCUT2D eigenvalue weighted by Gasteiger charge is 2.17. The van der Waals surface area contributed by atoms with Crippen LogP contribution in [0.2, 0.25) is 0 Å². The molecule has 94 valence electrons. The molecule has 18 heavy (non-hydrogen) atoms. The third-order valence-electron chi connectivity index (χ3n) is 2.65. The third kappa shape index (κ3) is 2.42. The quantitative estimate of drug-likeness (QED) is 0.616. The van der Waals surface area contributed by atoms with E-state index < -0.39 is 6.16 Å². The number of benzene rings is 1. The molecule has 0 unspecified atom stereocenters. The number of hydrogen-bond donors (Lipinski definition) is 1. The molecule has 2 rings (SSSR count). The lowest BCUT2D eigenvalue weighted by Gasteiger charge is -2.18. The molecular formula is C14H15NO3. The molecule has 1 N–H and O–H groups in total. The number of aromatic nitrogens is 1. The summed E-state index contributed by atoms with van der Waals surface area (Å²) < 4.78 is 4.75. The molecule has 0 aliphatic carbocycles. The van der Waals surface area contributed by atoms with Gasteiger partial charge in [0.15, 0.2) is 5.75 Å². The maximum Gasteiger partial charge on any atom is 0.511 e. The first-order valence-electron chi connectivity index (χ1n) is 5.69. The Hall–Kier alpha value is -2.10. The van der Waals surface area contributed by atoms with Crippen LogP contribution in [0.4, 0.5) is 4.79 Å². The normalized spacial score (nSPS) is 11.5. The van der Waals surface area contributed by atoms with Gasteiger partial charge in [-0.2, -0.15) is 0 Å². The SMILES string of the molecule is CC(C)(C)c1ccc2cccc(OC(=O)O)c2n1. The monoisotopic (exact) mass is 245 g/mol. The largest absolute Gasteiger partial charge is 0.511 e. The van der Waals surface area contributed by atoms with E-state index in [4.69, 9.17) is 9.84 Å². The lowest BCUT2D eigenvalue weighted by Crippen LogP contribution is -2.13. The molecule has 0 saturated heterocycles. The Bertz CT molecular complexity index is 600. The summed E-state index contributed by atoms with van der Waals surface area (Å²) in [6, 6.07) is 9.11. The van der Waals surface area contributed by atoms with Crippen LogP contribution in [0.1, 0.15) is 26.5 Å². The van der Waals surface area contributed by atoms with Gasteiger partial charge in [-0.25, -0.2) is 9.78 Å². The number of nitrogens with zero attached hydrogens (tertiary/aromatic N) is 1. The fourth-order valence-corrected chi connectivity index (χ4v) is 1.71. The number of pyridine rings is 1. The van der Waals surface area contributed by atoms with E-state index in [0.29, 0.717) is 5.52 Å². The maximum atomic E-state index is 10.6. The lowest BCUT2D eigenvalue weighted by molar-refractivity contribution is 0.145. The van der Waals surface area contributed by atoms with E-state index in [9.17, 15) is 4.79 Å². The van der Waals surface area contributed by atoms with Crippen molar-refractivity contribution in [3.8, 4) is 5.75 Å². The van der Waals surface area contributed by atoms with Crippen molar-refractivity contribution >= 4 is 17.1 Å². The molecule has 0 bridgehead atoms. The van der Waals surface area contributed by atoms with E-state index in [1.165, 1.54) is 0 Å². The van der Waals surface area contributed by atoms with E-state index in [1.807, 2.05) is 18.2 Å². The first-order valence-corrected chi connectivity index (χ1v) is 5.69. The second-order valence-corrected chi connectivity index (χ2v) is 5.14. The molecule has 0 spiro atoms. The van der Waals surface area contributed by atoms with Gasteiger partial charge in [0.1, 0.15) is 5.52 Å². The number of carbonyl (C=O) groups is 1. The van der Waals surface area contributed by atoms with Crippen LogP contribution in [0, 0.1) is 0 Å². The van der Waals surface area contributed by atoms with E-state index in [-0.39, 0.29) is 11.2 Å². The van der Waals surface area contributed by atoms with Gasteiger partial charge in [-0.15, -0.1) is 0 Å². The zero-order chi connectivity index (χ0) is 13.3. The molecule has 4 nitrogen and oxygen atoms in total. The summed E-state index contributed by atoms with van der Waals surface area (Å²) in [6.07, 6.45) is -1.33. The minimum Gasteiger partial charge on any atom is -0.449 e. The molecule has 0 atom stereocenters. The first kappa shape index (κ1) is 12.4. The zero-order valence-corrected chi connectivity index (χ0v) is 10.6. The van der Waals surface area contributed by atoms with Crippen LogP contribution in [-0.4, -0.2) is 16.2 Å². The second kappa shape index (κ2) is 4.29. The van der Waals surface area contributed by atoms with E-state index in [2.05, 4.69) is 25.8 Å². The topological polar surface area (TPSA) is 59.4 Å². The van der Waals surface area contributed by atoms with Crippen LogP contribution in [-0.2, 0) is 5.41 Å². The fourth-order valence-electron chi connectivity index (χ4n) is 1.71. The molecule has 4 heteroatoms. The van der Waals surface area contributed by atoms with Crippen molar-refractivity contribution in [1.29, 1.82) is 0 Å². The number of hydrogen-bond acceptors (Lipinski definition) is 3. The minimum absolute atomic E-state index is 0.0927. The summed E-state index contributed by atoms with van der Waals surface area (Å²) >= 11 is 0. The predicted octanol–water partition coefficient (Wildman–Crippen LogP) is 3.59. The Kier molecular flexibility index (Phi) is 2.95. The van der Waals surface area contributed by atoms with Gasteiger partial charge in [0.2, 0.25) is 0 Å². The molecule has 0 fully saturated rings. The Morgan fingerprint density at radius 3 is 2.56 bits per heavy atom. The fraction of sp³-hybridized carbons (Fsp3) is 0.286. The highest BCUT2D eigenvalue weighted by molar-refractivity contribution is 5.86. The first-order chi connectivity index (χ1) is 8.38. The molecule has 0 saturated carbocycles. The summed E-state index contributed by atoms with van der Waals surface area (Å²) in [6.45, 7) is 6.17. The molecule has 1 heterocycles. The van der Waals surface area contributed by atoms with Crippen molar-refractivity contribution in [3.05, 3.63) is 36.0 Å². The van der Waals surface area contributed by atoms with E-state index in [0.717, 1.165) is 11.1 Å². The molecular weight excluding hydrogens is 230 g/mol. The molecule has 2 aromatic rings. The summed E-state index contributed by atoms with van der Waals surface area (Å²) in [5, 5.41) is 9.57. The van der Waals surface area contributed by atoms with Crippen molar-refractivity contribution in [3.63, 3.8) is 0 Å². The van der Waals surface area contributed by atoms with Gasteiger partial charge in [0.25, 0.3) is 0 Å². The van der Waals surface area contributed by atoms with Gasteiger partial charge in [-0.1, -0.05) is 39.0 Å². The average Bonchev–Trinajstić information content (AvgIpc) is 2.27. The summed E-state index contributed by atoms with van der Waals surface area (Å²) in [7, 11) is 0. The van der Waals surface area contributed by atoms with Crippen molar-refractivity contribution in [2.75, 3.05) is 0 Å². The summed E-state index contributed by atoms with van der Waals surface area (Å²) in [4.78, 5) is 15.2. The molecule has 0 radical (unpaired) electrons. The van der Waals surface area contributed by atoms with Crippen molar-refractivity contribution in [2.45, 2.75) is 26.2 Å². The number of fused-ring (bicyclic) bond motifs is 1. The van der Waals surface area contributed by atoms with E-state index in [1.54, 1.807) is 12.1 Å². The number of carboxylic acid groups (broad SMARTS) is 1. The molecule has 1 aromatic heterocycles. The van der Waals surface area contributed by atoms with Crippen molar-refractivity contribution < 1.29 is 14.6 Å². The van der Waals surface area contributed by atoms with Crippen molar-refractivity contribution in [1.82, 2.24) is 4.98 Å². The molecule has 1 aromatic carbocycles. The molecule has 0 aliphatic rings. The minimum atomic E-state index is -1.33. The predicted molar refractivity (Wildman–Crippen MR) is 69.1 cm³/mol. The van der Waals surface area contributed by atoms with Crippen LogP contribution in [0.25, 0.3) is 10.9 Å². The Labute approximate surface area is 105 Å². The lowest BCUT2D eigenvalue weighted by atomic mass is 9.91. The van der Waals surface area contributed by atoms with Gasteiger partial charge in [0, 0.05) is 16.5 Å². The molecule has 0 amide bonds. The van der Waals surface area contributed by atoms with Gasteiger partial charge >= 0.3 is 6.16 Å². The van der Waals surface area contributed by atoms with Crippen LogP contribution in [0.15, 0.2) is 30.3 Å². The van der Waals surface area contributed by atoms with Crippen LogP contribution < -0.4 is 4.74 Å². The van der Waals surface area contributed by atoms with Crippen molar-refractivity contribution in [2.24, 2.45) is 0 Å². The average molecular weight is 245 g/mol. The van der Waals surface area contributed by atoms with Gasteiger partial charge < -0.3 is 9.84 Å². The van der Waals surface area contributed by atoms with Crippen LogP contribution >= 0.6 is 0 Å². The number of ether oxygens (including phenoxy) is 1. The zero-order valence-electron chi connectivity index (χ0n) is 10.6. The Balaban J connectivity index is 2.62. The van der Waals surface area contributed by atoms with Crippen LogP contribution in [0.5, 0.6) is 5.75 Å². The maximum absolute atomic E-state index is 10.6. The number of para-hydroxylation sites is 1. The molecule has 0 aliphatic heterocycles. The van der Waals surface area contributed by atoms with Gasteiger partial charge in [-0.3, -0.25) is 0 Å². The summed E-state index contributed by atoms with van der Waals surface area (Å²) in [5.41, 5.74) is 1.38. The third-order valence-corrected chi connectivity index (χ3v) is 2.65. The smallest absolute Gasteiger partial charge is 0.449 e. The van der Waals surface area contributed by atoms with E-state index >= 15 is 0 Å².